The Bertz CT molecular complexity index is 733. The fourth-order valence-corrected chi connectivity index (χ4v) is 2.76. The van der Waals surface area contributed by atoms with Crippen LogP contribution in [0, 0.1) is 13.8 Å². The second kappa shape index (κ2) is 11.1. The molecule has 1 aromatic carbocycles. The van der Waals surface area contributed by atoms with Crippen molar-refractivity contribution in [3.05, 3.63) is 59.5 Å². The van der Waals surface area contributed by atoms with E-state index in [9.17, 15) is 0 Å². The molecular formula is C21H30N4O2. The summed E-state index contributed by atoms with van der Waals surface area (Å²) in [5.74, 6) is 2.55. The first-order valence-corrected chi connectivity index (χ1v) is 9.41. The second-order valence-corrected chi connectivity index (χ2v) is 6.24. The lowest BCUT2D eigenvalue weighted by atomic mass is 10.1. The minimum atomic E-state index is 0.487. The van der Waals surface area contributed by atoms with E-state index in [1.807, 2.05) is 38.1 Å². The SMILES string of the molecule is C=CCOc1ccccc1CN=C(NCC)NCCCc1c(C)noc1C. The van der Waals surface area contributed by atoms with Crippen molar-refractivity contribution < 1.29 is 9.26 Å². The predicted molar refractivity (Wildman–Crippen MR) is 109 cm³/mol. The number of aliphatic imine (C=N–C) groups is 1. The van der Waals surface area contributed by atoms with Gasteiger partial charge in [-0.15, -0.1) is 0 Å². The molecule has 0 radical (unpaired) electrons. The van der Waals surface area contributed by atoms with Gasteiger partial charge in [0.25, 0.3) is 0 Å². The molecule has 2 rings (SSSR count). The Kier molecular flexibility index (Phi) is 8.42. The molecule has 0 atom stereocenters. The van der Waals surface area contributed by atoms with Crippen LogP contribution in [0.4, 0.5) is 0 Å². The molecule has 0 aliphatic carbocycles. The Labute approximate surface area is 161 Å². The molecule has 0 bridgehead atoms. The molecule has 1 heterocycles. The van der Waals surface area contributed by atoms with Gasteiger partial charge in [-0.25, -0.2) is 4.99 Å². The third kappa shape index (κ3) is 6.47. The summed E-state index contributed by atoms with van der Waals surface area (Å²) >= 11 is 0. The van der Waals surface area contributed by atoms with Gasteiger partial charge in [0.1, 0.15) is 18.1 Å². The van der Waals surface area contributed by atoms with Gasteiger partial charge in [0.2, 0.25) is 0 Å². The average Bonchev–Trinajstić information content (AvgIpc) is 3.00. The lowest BCUT2D eigenvalue weighted by molar-refractivity contribution is 0.359. The minimum Gasteiger partial charge on any atom is -0.489 e. The Morgan fingerprint density at radius 3 is 2.81 bits per heavy atom. The molecule has 0 amide bonds. The number of guanidine groups is 1. The fraction of sp³-hybridized carbons (Fsp3) is 0.429. The number of rotatable bonds is 10. The van der Waals surface area contributed by atoms with E-state index in [2.05, 4.69) is 34.3 Å². The van der Waals surface area contributed by atoms with Crippen LogP contribution in [0.25, 0.3) is 0 Å². The first kappa shape index (κ1) is 20.6. The highest BCUT2D eigenvalue weighted by Crippen LogP contribution is 2.19. The first-order valence-electron chi connectivity index (χ1n) is 9.41. The van der Waals surface area contributed by atoms with E-state index in [0.29, 0.717) is 13.2 Å². The van der Waals surface area contributed by atoms with Crippen molar-refractivity contribution in [2.24, 2.45) is 4.99 Å². The van der Waals surface area contributed by atoms with Crippen molar-refractivity contribution in [1.82, 2.24) is 15.8 Å². The Morgan fingerprint density at radius 2 is 2.11 bits per heavy atom. The summed E-state index contributed by atoms with van der Waals surface area (Å²) < 4.78 is 10.9. The number of nitrogens with one attached hydrogen (secondary N) is 2. The molecule has 6 heteroatoms. The van der Waals surface area contributed by atoms with Gasteiger partial charge in [-0.1, -0.05) is 36.0 Å². The predicted octanol–water partition coefficient (Wildman–Crippen LogP) is 3.54. The lowest BCUT2D eigenvalue weighted by Crippen LogP contribution is -2.37. The number of aromatic nitrogens is 1. The maximum Gasteiger partial charge on any atom is 0.191 e. The molecular weight excluding hydrogens is 340 g/mol. The third-order valence-electron chi connectivity index (χ3n) is 4.16. The third-order valence-corrected chi connectivity index (χ3v) is 4.16. The summed E-state index contributed by atoms with van der Waals surface area (Å²) in [5.41, 5.74) is 3.23. The summed E-state index contributed by atoms with van der Waals surface area (Å²) in [6, 6.07) is 7.95. The standard InChI is InChI=1S/C21H30N4O2/c1-5-14-26-20-12-8-7-10-18(20)15-24-21(22-6-2)23-13-9-11-19-16(3)25-27-17(19)4/h5,7-8,10,12H,1,6,9,11,13-15H2,2-4H3,(H2,22,23,24). The monoisotopic (exact) mass is 370 g/mol. The molecule has 1 aromatic heterocycles. The maximum atomic E-state index is 5.70. The molecule has 0 spiro atoms. The Hall–Kier alpha value is -2.76. The van der Waals surface area contributed by atoms with Gasteiger partial charge in [0.15, 0.2) is 5.96 Å². The molecule has 27 heavy (non-hydrogen) atoms. The number of benzene rings is 1. The van der Waals surface area contributed by atoms with E-state index in [-0.39, 0.29) is 0 Å². The van der Waals surface area contributed by atoms with E-state index in [1.165, 1.54) is 5.56 Å². The molecule has 0 saturated carbocycles. The summed E-state index contributed by atoms with van der Waals surface area (Å²) in [4.78, 5) is 4.68. The van der Waals surface area contributed by atoms with Gasteiger partial charge < -0.3 is 19.9 Å². The van der Waals surface area contributed by atoms with E-state index < -0.39 is 0 Å². The maximum absolute atomic E-state index is 5.70. The second-order valence-electron chi connectivity index (χ2n) is 6.24. The fourth-order valence-electron chi connectivity index (χ4n) is 2.76. The highest BCUT2D eigenvalue weighted by molar-refractivity contribution is 5.79. The Balaban J connectivity index is 1.89. The van der Waals surface area contributed by atoms with Crippen molar-refractivity contribution in [2.45, 2.75) is 40.2 Å². The zero-order valence-electron chi connectivity index (χ0n) is 16.5. The van der Waals surface area contributed by atoms with E-state index in [1.54, 1.807) is 6.08 Å². The largest absolute Gasteiger partial charge is 0.489 e. The van der Waals surface area contributed by atoms with Crippen molar-refractivity contribution in [2.75, 3.05) is 19.7 Å². The first-order chi connectivity index (χ1) is 13.2. The molecule has 2 N–H and O–H groups in total. The van der Waals surface area contributed by atoms with Gasteiger partial charge in [-0.3, -0.25) is 0 Å². The van der Waals surface area contributed by atoms with Gasteiger partial charge in [-0.05, 0) is 39.7 Å². The van der Waals surface area contributed by atoms with Crippen LogP contribution in [0.1, 0.15) is 35.9 Å². The van der Waals surface area contributed by atoms with Crippen LogP contribution in [0.3, 0.4) is 0 Å². The molecule has 0 unspecified atom stereocenters. The van der Waals surface area contributed by atoms with Crippen LogP contribution in [0.15, 0.2) is 46.4 Å². The average molecular weight is 370 g/mol. The van der Waals surface area contributed by atoms with Crippen molar-refractivity contribution in [1.29, 1.82) is 0 Å². The number of hydrogen-bond donors (Lipinski definition) is 2. The lowest BCUT2D eigenvalue weighted by Gasteiger charge is -2.12. The quantitative estimate of drug-likeness (QED) is 0.290. The zero-order chi connectivity index (χ0) is 19.5. The van der Waals surface area contributed by atoms with Gasteiger partial charge >= 0.3 is 0 Å². The van der Waals surface area contributed by atoms with E-state index in [4.69, 9.17) is 9.26 Å². The molecule has 6 nitrogen and oxygen atoms in total. The zero-order valence-corrected chi connectivity index (χ0v) is 16.5. The summed E-state index contributed by atoms with van der Waals surface area (Å²) in [7, 11) is 0. The van der Waals surface area contributed by atoms with Gasteiger partial charge in [0, 0.05) is 24.2 Å². The van der Waals surface area contributed by atoms with E-state index in [0.717, 1.165) is 54.7 Å². The summed E-state index contributed by atoms with van der Waals surface area (Å²) in [6.45, 7) is 12.4. The van der Waals surface area contributed by atoms with Crippen molar-refractivity contribution >= 4 is 5.96 Å². The van der Waals surface area contributed by atoms with Gasteiger partial charge in [-0.2, -0.15) is 0 Å². The van der Waals surface area contributed by atoms with Crippen LogP contribution >= 0.6 is 0 Å². The highest BCUT2D eigenvalue weighted by atomic mass is 16.5. The topological polar surface area (TPSA) is 71.7 Å². The van der Waals surface area contributed by atoms with Crippen LogP contribution in [-0.2, 0) is 13.0 Å². The van der Waals surface area contributed by atoms with Crippen molar-refractivity contribution in [3.63, 3.8) is 0 Å². The molecule has 0 saturated heterocycles. The van der Waals surface area contributed by atoms with Crippen LogP contribution in [0.5, 0.6) is 5.75 Å². The number of ether oxygens (including phenoxy) is 1. The highest BCUT2D eigenvalue weighted by Gasteiger charge is 2.08. The van der Waals surface area contributed by atoms with Crippen LogP contribution < -0.4 is 15.4 Å². The normalized spacial score (nSPS) is 11.3. The van der Waals surface area contributed by atoms with E-state index >= 15 is 0 Å². The summed E-state index contributed by atoms with van der Waals surface area (Å²) in [6.07, 6.45) is 3.66. The molecule has 2 aromatic rings. The smallest absolute Gasteiger partial charge is 0.191 e. The van der Waals surface area contributed by atoms with Crippen LogP contribution in [-0.4, -0.2) is 30.8 Å². The minimum absolute atomic E-state index is 0.487. The summed E-state index contributed by atoms with van der Waals surface area (Å²) in [5, 5.41) is 10.7. The molecule has 0 aliphatic rings. The number of nitrogens with zero attached hydrogens (tertiary/aromatic N) is 2. The molecule has 146 valence electrons. The number of hydrogen-bond acceptors (Lipinski definition) is 4. The van der Waals surface area contributed by atoms with Crippen molar-refractivity contribution in [3.8, 4) is 5.75 Å². The number of para-hydroxylation sites is 1. The Morgan fingerprint density at radius 1 is 1.30 bits per heavy atom. The molecule has 0 aliphatic heterocycles. The molecule has 0 fully saturated rings. The number of aryl methyl sites for hydroxylation is 2. The van der Waals surface area contributed by atoms with Crippen LogP contribution in [0.2, 0.25) is 0 Å². The van der Waals surface area contributed by atoms with Gasteiger partial charge in [0.05, 0.1) is 12.2 Å².